The van der Waals surface area contributed by atoms with Crippen LogP contribution in [0.1, 0.15) is 44.7 Å². The van der Waals surface area contributed by atoms with Crippen molar-refractivity contribution in [2.45, 2.75) is 39.2 Å². The first kappa shape index (κ1) is 16.3. The van der Waals surface area contributed by atoms with Crippen LogP contribution in [0.3, 0.4) is 0 Å². The highest BCUT2D eigenvalue weighted by atomic mass is 16.5. The molecular formula is C18H30N2O. The van der Waals surface area contributed by atoms with Crippen LogP contribution in [-0.4, -0.2) is 38.2 Å². The fourth-order valence-electron chi connectivity index (χ4n) is 3.43. The molecule has 1 aromatic rings. The van der Waals surface area contributed by atoms with Crippen molar-refractivity contribution in [3.05, 3.63) is 29.8 Å². The summed E-state index contributed by atoms with van der Waals surface area (Å²) in [4.78, 5) is 2.64. The molecule has 2 unspecified atom stereocenters. The second kappa shape index (κ2) is 8.40. The van der Waals surface area contributed by atoms with Crippen molar-refractivity contribution in [2.75, 3.05) is 33.3 Å². The lowest BCUT2D eigenvalue weighted by molar-refractivity contribution is 0.226. The molecule has 21 heavy (non-hydrogen) atoms. The molecule has 1 N–H and O–H groups in total. The molecule has 0 bridgehead atoms. The van der Waals surface area contributed by atoms with E-state index < -0.39 is 0 Å². The normalized spacial score (nSPS) is 22.6. The first-order chi connectivity index (χ1) is 10.3. The summed E-state index contributed by atoms with van der Waals surface area (Å²) in [7, 11) is 2.06. The van der Waals surface area contributed by atoms with Gasteiger partial charge in [-0.15, -0.1) is 0 Å². The van der Waals surface area contributed by atoms with Crippen LogP contribution >= 0.6 is 0 Å². The molecule has 0 saturated carbocycles. The van der Waals surface area contributed by atoms with Crippen molar-refractivity contribution in [1.82, 2.24) is 10.2 Å². The van der Waals surface area contributed by atoms with Gasteiger partial charge in [0.2, 0.25) is 0 Å². The van der Waals surface area contributed by atoms with Gasteiger partial charge in [-0.1, -0.05) is 26.0 Å². The Bertz CT molecular complexity index is 407. The third-order valence-corrected chi connectivity index (χ3v) is 4.28. The monoisotopic (exact) mass is 290 g/mol. The van der Waals surface area contributed by atoms with E-state index in [2.05, 4.69) is 55.4 Å². The lowest BCUT2D eigenvalue weighted by Gasteiger charge is -2.28. The minimum atomic E-state index is 0.530. The van der Waals surface area contributed by atoms with Crippen LogP contribution in [0.15, 0.2) is 24.3 Å². The zero-order chi connectivity index (χ0) is 15.1. The molecular weight excluding hydrogens is 260 g/mol. The molecule has 1 heterocycles. The Morgan fingerprint density at radius 3 is 2.86 bits per heavy atom. The molecule has 3 nitrogen and oxygen atoms in total. The fourth-order valence-corrected chi connectivity index (χ4v) is 3.43. The first-order valence-corrected chi connectivity index (χ1v) is 8.41. The minimum absolute atomic E-state index is 0.530. The summed E-state index contributed by atoms with van der Waals surface area (Å²) in [5, 5.41) is 3.36. The van der Waals surface area contributed by atoms with Gasteiger partial charge in [-0.05, 0) is 69.6 Å². The molecule has 2 rings (SSSR count). The lowest BCUT2D eigenvalue weighted by atomic mass is 9.93. The molecule has 1 aliphatic rings. The Morgan fingerprint density at radius 1 is 1.29 bits per heavy atom. The number of benzene rings is 1. The molecule has 1 saturated heterocycles. The van der Waals surface area contributed by atoms with E-state index in [4.69, 9.17) is 4.74 Å². The zero-order valence-electron chi connectivity index (χ0n) is 13.8. The molecule has 1 aliphatic heterocycles. The molecule has 1 aromatic carbocycles. The van der Waals surface area contributed by atoms with E-state index in [0.717, 1.165) is 25.3 Å². The number of nitrogens with one attached hydrogen (secondary N) is 1. The van der Waals surface area contributed by atoms with Gasteiger partial charge >= 0.3 is 0 Å². The van der Waals surface area contributed by atoms with E-state index in [-0.39, 0.29) is 0 Å². The van der Waals surface area contributed by atoms with Crippen LogP contribution in [0.4, 0.5) is 0 Å². The van der Waals surface area contributed by atoms with Crippen LogP contribution in [0.5, 0.6) is 5.75 Å². The fraction of sp³-hybridized carbons (Fsp3) is 0.667. The average molecular weight is 290 g/mol. The van der Waals surface area contributed by atoms with Crippen molar-refractivity contribution in [1.29, 1.82) is 0 Å². The molecule has 2 atom stereocenters. The number of hydrogen-bond acceptors (Lipinski definition) is 3. The third-order valence-electron chi connectivity index (χ3n) is 4.28. The summed E-state index contributed by atoms with van der Waals surface area (Å²) in [6.07, 6.45) is 3.55. The maximum Gasteiger partial charge on any atom is 0.119 e. The highest BCUT2D eigenvalue weighted by Crippen LogP contribution is 2.38. The maximum absolute atomic E-state index is 5.81. The highest BCUT2D eigenvalue weighted by Gasteiger charge is 2.34. The van der Waals surface area contributed by atoms with Gasteiger partial charge in [-0.2, -0.15) is 0 Å². The van der Waals surface area contributed by atoms with Crippen LogP contribution in [0, 0.1) is 5.92 Å². The largest absolute Gasteiger partial charge is 0.494 e. The van der Waals surface area contributed by atoms with Gasteiger partial charge in [0.05, 0.1) is 6.61 Å². The van der Waals surface area contributed by atoms with E-state index >= 15 is 0 Å². The van der Waals surface area contributed by atoms with Crippen molar-refractivity contribution in [3.63, 3.8) is 0 Å². The molecule has 1 fully saturated rings. The third kappa shape index (κ3) is 4.21. The number of nitrogens with zero attached hydrogens (tertiary/aromatic N) is 1. The Morgan fingerprint density at radius 2 is 2.14 bits per heavy atom. The van der Waals surface area contributed by atoms with Crippen molar-refractivity contribution in [2.24, 2.45) is 5.92 Å². The predicted octanol–water partition coefficient (Wildman–Crippen LogP) is 3.47. The summed E-state index contributed by atoms with van der Waals surface area (Å²) in [5.41, 5.74) is 1.41. The predicted molar refractivity (Wildman–Crippen MR) is 88.9 cm³/mol. The summed E-state index contributed by atoms with van der Waals surface area (Å²) in [5.74, 6) is 1.71. The summed E-state index contributed by atoms with van der Waals surface area (Å²) >= 11 is 0. The number of rotatable bonds is 8. The zero-order valence-corrected chi connectivity index (χ0v) is 13.8. The molecule has 3 heteroatoms. The maximum atomic E-state index is 5.81. The van der Waals surface area contributed by atoms with Crippen molar-refractivity contribution < 1.29 is 4.74 Å². The summed E-state index contributed by atoms with van der Waals surface area (Å²) < 4.78 is 5.81. The van der Waals surface area contributed by atoms with Gasteiger partial charge in [0.1, 0.15) is 5.75 Å². The van der Waals surface area contributed by atoms with Crippen LogP contribution < -0.4 is 10.1 Å². The Balaban J connectivity index is 2.17. The molecule has 0 amide bonds. The Labute approximate surface area is 129 Å². The number of ether oxygens (including phenoxy) is 1. The van der Waals surface area contributed by atoms with Crippen LogP contribution in [-0.2, 0) is 0 Å². The number of hydrogen-bond donors (Lipinski definition) is 1. The highest BCUT2D eigenvalue weighted by molar-refractivity contribution is 5.31. The second-order valence-electron chi connectivity index (χ2n) is 6.01. The van der Waals surface area contributed by atoms with Crippen molar-refractivity contribution >= 4 is 0 Å². The summed E-state index contributed by atoms with van der Waals surface area (Å²) in [6, 6.07) is 9.25. The van der Waals surface area contributed by atoms with Crippen LogP contribution in [0.2, 0.25) is 0 Å². The van der Waals surface area contributed by atoms with Gasteiger partial charge in [0.25, 0.3) is 0 Å². The summed E-state index contributed by atoms with van der Waals surface area (Å²) in [6.45, 7) is 8.70. The van der Waals surface area contributed by atoms with Gasteiger partial charge in [-0.3, -0.25) is 4.90 Å². The van der Waals surface area contributed by atoms with E-state index in [1.807, 2.05) is 0 Å². The van der Waals surface area contributed by atoms with Gasteiger partial charge in [-0.25, -0.2) is 0 Å². The van der Waals surface area contributed by atoms with Gasteiger partial charge in [0, 0.05) is 6.04 Å². The van der Waals surface area contributed by atoms with Gasteiger partial charge in [0.15, 0.2) is 0 Å². The lowest BCUT2D eigenvalue weighted by Crippen LogP contribution is -2.29. The molecule has 0 radical (unpaired) electrons. The smallest absolute Gasteiger partial charge is 0.119 e. The minimum Gasteiger partial charge on any atom is -0.494 e. The molecule has 118 valence electrons. The standard InChI is InChI=1S/C18H30N2O/c1-4-10-20-11-9-16(14-19-3)18(20)15-7-6-8-17(13-15)21-12-5-2/h6-8,13,16,18-19H,4-5,9-12,14H2,1-3H3. The average Bonchev–Trinajstić information content (AvgIpc) is 2.89. The Hall–Kier alpha value is -1.06. The topological polar surface area (TPSA) is 24.5 Å². The first-order valence-electron chi connectivity index (χ1n) is 8.41. The van der Waals surface area contributed by atoms with E-state index in [1.54, 1.807) is 0 Å². The van der Waals surface area contributed by atoms with Crippen molar-refractivity contribution in [3.8, 4) is 5.75 Å². The second-order valence-corrected chi connectivity index (χ2v) is 6.01. The molecule has 0 spiro atoms. The number of likely N-dealkylation sites (tertiary alicyclic amines) is 1. The molecule has 0 aliphatic carbocycles. The van der Waals surface area contributed by atoms with E-state index in [0.29, 0.717) is 12.0 Å². The quantitative estimate of drug-likeness (QED) is 0.793. The Kier molecular flexibility index (Phi) is 6.52. The van der Waals surface area contributed by atoms with Gasteiger partial charge < -0.3 is 10.1 Å². The SMILES string of the molecule is CCCOc1cccc(C2C(CNC)CCN2CCC)c1. The van der Waals surface area contributed by atoms with Crippen LogP contribution in [0.25, 0.3) is 0 Å². The molecule has 0 aromatic heterocycles. The van der Waals surface area contributed by atoms with E-state index in [9.17, 15) is 0 Å². The van der Waals surface area contributed by atoms with E-state index in [1.165, 1.54) is 31.5 Å².